The molecular weight excluding hydrogens is 304 g/mol. The van der Waals surface area contributed by atoms with Crippen molar-refractivity contribution in [3.05, 3.63) is 55.0 Å². The van der Waals surface area contributed by atoms with Crippen LogP contribution >= 0.6 is 11.3 Å². The van der Waals surface area contributed by atoms with E-state index in [1.54, 1.807) is 12.1 Å². The van der Waals surface area contributed by atoms with Gasteiger partial charge in [0.15, 0.2) is 5.13 Å². The molecule has 0 spiro atoms. The minimum atomic E-state index is -0.753. The summed E-state index contributed by atoms with van der Waals surface area (Å²) in [6.07, 6.45) is 0. The van der Waals surface area contributed by atoms with Crippen LogP contribution in [-0.4, -0.2) is 20.9 Å². The number of nitrogens with one attached hydrogen (secondary N) is 3. The van der Waals surface area contributed by atoms with E-state index in [2.05, 4.69) is 20.3 Å². The van der Waals surface area contributed by atoms with E-state index in [0.717, 1.165) is 10.6 Å². The molecule has 7 nitrogen and oxygen atoms in total. The maximum absolute atomic E-state index is 12.2. The van der Waals surface area contributed by atoms with Gasteiger partial charge in [0.25, 0.3) is 5.91 Å². The molecule has 1 aromatic carbocycles. The van der Waals surface area contributed by atoms with E-state index in [9.17, 15) is 14.4 Å². The molecule has 0 atom stereocenters. The van der Waals surface area contributed by atoms with Crippen molar-refractivity contribution in [3.63, 3.8) is 0 Å². The number of carbonyl (C=O) groups is 1. The Kier molecular flexibility index (Phi) is 3.38. The number of aromatic amines is 2. The number of amides is 1. The minimum Gasteiger partial charge on any atom is -0.316 e. The number of aromatic nitrogens is 3. The first-order valence-electron chi connectivity index (χ1n) is 6.46. The van der Waals surface area contributed by atoms with Gasteiger partial charge in [0.2, 0.25) is 0 Å². The van der Waals surface area contributed by atoms with Gasteiger partial charge in [-0.3, -0.25) is 19.7 Å². The van der Waals surface area contributed by atoms with Crippen LogP contribution < -0.4 is 16.4 Å². The number of rotatable bonds is 2. The van der Waals surface area contributed by atoms with Crippen molar-refractivity contribution in [3.8, 4) is 0 Å². The highest BCUT2D eigenvalue weighted by Crippen LogP contribution is 2.22. The Morgan fingerprint density at radius 2 is 1.82 bits per heavy atom. The van der Waals surface area contributed by atoms with Gasteiger partial charge in [0, 0.05) is 10.4 Å². The first-order chi connectivity index (χ1) is 10.4. The Morgan fingerprint density at radius 3 is 2.45 bits per heavy atom. The van der Waals surface area contributed by atoms with Gasteiger partial charge in [-0.2, -0.15) is 0 Å². The van der Waals surface area contributed by atoms with E-state index in [0.29, 0.717) is 21.7 Å². The zero-order chi connectivity index (χ0) is 15.9. The molecule has 0 saturated heterocycles. The molecule has 0 fully saturated rings. The van der Waals surface area contributed by atoms with Crippen molar-refractivity contribution < 1.29 is 4.79 Å². The molecule has 22 heavy (non-hydrogen) atoms. The maximum Gasteiger partial charge on any atom is 0.314 e. The number of anilines is 1. The first kappa shape index (κ1) is 14.2. The van der Waals surface area contributed by atoms with Gasteiger partial charge >= 0.3 is 11.1 Å². The van der Waals surface area contributed by atoms with Crippen molar-refractivity contribution >= 4 is 33.4 Å². The lowest BCUT2D eigenvalue weighted by atomic mass is 10.2. The summed E-state index contributed by atoms with van der Waals surface area (Å²) in [5.41, 5.74) is 0.613. The number of H-pyrrole nitrogens is 2. The third kappa shape index (κ3) is 2.56. The molecule has 1 amide bonds. The summed E-state index contributed by atoms with van der Waals surface area (Å²) >= 11 is 1.40. The van der Waals surface area contributed by atoms with Crippen molar-refractivity contribution in [1.82, 2.24) is 15.0 Å². The number of nitrogens with zero attached hydrogens (tertiary/aromatic N) is 1. The van der Waals surface area contributed by atoms with Gasteiger partial charge in [0.05, 0.1) is 16.7 Å². The molecule has 8 heteroatoms. The van der Waals surface area contributed by atoms with E-state index in [1.807, 2.05) is 13.8 Å². The molecule has 0 saturated carbocycles. The van der Waals surface area contributed by atoms with E-state index in [1.165, 1.54) is 17.4 Å². The number of hydrogen-bond donors (Lipinski definition) is 3. The third-order valence-electron chi connectivity index (χ3n) is 3.23. The van der Waals surface area contributed by atoms with Crippen LogP contribution in [0.25, 0.3) is 11.0 Å². The lowest BCUT2D eigenvalue weighted by Crippen LogP contribution is -2.29. The average molecular weight is 316 g/mol. The summed E-state index contributed by atoms with van der Waals surface area (Å²) in [6.45, 7) is 3.80. The van der Waals surface area contributed by atoms with Gasteiger partial charge in [-0.25, -0.2) is 4.98 Å². The number of fused-ring (bicyclic) bond motifs is 1. The molecule has 3 N–H and O–H groups in total. The smallest absolute Gasteiger partial charge is 0.314 e. The van der Waals surface area contributed by atoms with Crippen LogP contribution in [0.4, 0.5) is 5.13 Å². The van der Waals surface area contributed by atoms with Gasteiger partial charge in [-0.05, 0) is 32.0 Å². The standard InChI is InChI=1S/C14H12N4O3S/c1-6-7(2)22-14(15-6)18-11(19)8-3-4-9-10(5-8)17-13(21)12(20)16-9/h3-5H,1-2H3,(H,16,20)(H,17,21)(H,15,18,19). The van der Waals surface area contributed by atoms with Crippen LogP contribution in [0.2, 0.25) is 0 Å². The van der Waals surface area contributed by atoms with Gasteiger partial charge < -0.3 is 9.97 Å². The summed E-state index contributed by atoms with van der Waals surface area (Å²) in [5, 5.41) is 3.24. The highest BCUT2D eigenvalue weighted by molar-refractivity contribution is 7.15. The lowest BCUT2D eigenvalue weighted by Gasteiger charge is -2.03. The Balaban J connectivity index is 1.95. The number of thiazole rings is 1. The summed E-state index contributed by atoms with van der Waals surface area (Å²) in [5.74, 6) is -0.331. The van der Waals surface area contributed by atoms with Crippen LogP contribution in [0, 0.1) is 13.8 Å². The quantitative estimate of drug-likeness (QED) is 0.623. The second-order valence-corrected chi connectivity index (χ2v) is 5.99. The van der Waals surface area contributed by atoms with E-state index < -0.39 is 11.1 Å². The molecule has 3 rings (SSSR count). The topological polar surface area (TPSA) is 108 Å². The molecule has 0 bridgehead atoms. The predicted molar refractivity (Wildman–Crippen MR) is 84.7 cm³/mol. The van der Waals surface area contributed by atoms with Gasteiger partial charge in [-0.15, -0.1) is 11.3 Å². The third-order valence-corrected chi connectivity index (χ3v) is 4.22. The predicted octanol–water partition coefficient (Wildman–Crippen LogP) is 1.54. The highest BCUT2D eigenvalue weighted by Gasteiger charge is 2.11. The van der Waals surface area contributed by atoms with E-state index in [4.69, 9.17) is 0 Å². The summed E-state index contributed by atoms with van der Waals surface area (Å²) < 4.78 is 0. The van der Waals surface area contributed by atoms with Crippen molar-refractivity contribution in [1.29, 1.82) is 0 Å². The van der Waals surface area contributed by atoms with Crippen LogP contribution in [-0.2, 0) is 0 Å². The second kappa shape index (κ2) is 5.23. The van der Waals surface area contributed by atoms with Crippen molar-refractivity contribution in [2.24, 2.45) is 0 Å². The lowest BCUT2D eigenvalue weighted by molar-refractivity contribution is 0.102. The van der Waals surface area contributed by atoms with Crippen LogP contribution in [0.15, 0.2) is 27.8 Å². The Bertz CT molecular complexity index is 980. The summed E-state index contributed by atoms with van der Waals surface area (Å²) in [7, 11) is 0. The monoisotopic (exact) mass is 316 g/mol. The normalized spacial score (nSPS) is 10.8. The van der Waals surface area contributed by atoms with E-state index in [-0.39, 0.29) is 5.91 Å². The highest BCUT2D eigenvalue weighted by atomic mass is 32.1. The second-order valence-electron chi connectivity index (χ2n) is 4.78. The molecule has 0 aliphatic heterocycles. The first-order valence-corrected chi connectivity index (χ1v) is 7.27. The zero-order valence-corrected chi connectivity index (χ0v) is 12.6. The average Bonchev–Trinajstić information content (AvgIpc) is 2.78. The fraction of sp³-hybridized carbons (Fsp3) is 0.143. The Morgan fingerprint density at radius 1 is 1.14 bits per heavy atom. The molecule has 0 aliphatic carbocycles. The largest absolute Gasteiger partial charge is 0.316 e. The Labute approximate surface area is 128 Å². The number of aryl methyl sites for hydroxylation is 2. The van der Waals surface area contributed by atoms with Crippen molar-refractivity contribution in [2.75, 3.05) is 5.32 Å². The van der Waals surface area contributed by atoms with Crippen LogP contribution in [0.1, 0.15) is 20.9 Å². The molecule has 0 unspecified atom stereocenters. The maximum atomic E-state index is 12.2. The number of hydrogen-bond acceptors (Lipinski definition) is 5. The summed E-state index contributed by atoms with van der Waals surface area (Å²) in [6, 6.07) is 4.65. The fourth-order valence-corrected chi connectivity index (χ4v) is 2.76. The molecule has 2 heterocycles. The Hall–Kier alpha value is -2.74. The molecule has 112 valence electrons. The number of carbonyl (C=O) groups excluding carboxylic acids is 1. The van der Waals surface area contributed by atoms with Gasteiger partial charge in [0.1, 0.15) is 0 Å². The van der Waals surface area contributed by atoms with E-state index >= 15 is 0 Å². The van der Waals surface area contributed by atoms with Crippen LogP contribution in [0.5, 0.6) is 0 Å². The minimum absolute atomic E-state index is 0.331. The molecule has 2 aromatic heterocycles. The van der Waals surface area contributed by atoms with Crippen molar-refractivity contribution in [2.45, 2.75) is 13.8 Å². The van der Waals surface area contributed by atoms with Crippen LogP contribution in [0.3, 0.4) is 0 Å². The number of benzene rings is 1. The SMILES string of the molecule is Cc1nc(NC(=O)c2ccc3[nH]c(=O)c(=O)[nH]c3c2)sc1C. The molecule has 3 aromatic rings. The fourth-order valence-electron chi connectivity index (χ4n) is 1.95. The molecule has 0 radical (unpaired) electrons. The molecular formula is C14H12N4O3S. The zero-order valence-electron chi connectivity index (χ0n) is 11.8. The molecule has 0 aliphatic rings. The van der Waals surface area contributed by atoms with Gasteiger partial charge in [-0.1, -0.05) is 0 Å². The summed E-state index contributed by atoms with van der Waals surface area (Å²) in [4.78, 5) is 45.0.